The van der Waals surface area contributed by atoms with Gasteiger partial charge in [0.15, 0.2) is 5.78 Å². The van der Waals surface area contributed by atoms with Crippen LogP contribution in [-0.2, 0) is 4.79 Å². The zero-order valence-electron chi connectivity index (χ0n) is 15.4. The molecule has 0 aromatic heterocycles. The zero-order valence-corrected chi connectivity index (χ0v) is 15.4. The van der Waals surface area contributed by atoms with E-state index in [4.69, 9.17) is 9.47 Å². The van der Waals surface area contributed by atoms with Crippen molar-refractivity contribution in [2.75, 3.05) is 14.2 Å². The predicted molar refractivity (Wildman–Crippen MR) is 92.9 cm³/mol. The molecule has 134 valence electrons. The first-order valence-corrected chi connectivity index (χ1v) is 8.08. The summed E-state index contributed by atoms with van der Waals surface area (Å²) >= 11 is 0. The van der Waals surface area contributed by atoms with Gasteiger partial charge in [-0.25, -0.2) is 0 Å². The molecule has 1 N–H and O–H groups in total. The van der Waals surface area contributed by atoms with Crippen LogP contribution in [0.25, 0.3) is 0 Å². The molecule has 0 spiro atoms. The molecule has 0 radical (unpaired) electrons. The lowest BCUT2D eigenvalue weighted by Gasteiger charge is -2.25. The van der Waals surface area contributed by atoms with Crippen LogP contribution in [0.5, 0.6) is 11.5 Å². The Kier molecular flexibility index (Phi) is 6.81. The van der Waals surface area contributed by atoms with Gasteiger partial charge in [-0.15, -0.1) is 0 Å². The molecule has 0 heterocycles. The molecule has 1 aromatic carbocycles. The third-order valence-corrected chi connectivity index (χ3v) is 3.89. The van der Waals surface area contributed by atoms with Crippen LogP contribution in [0.4, 0.5) is 0 Å². The molecule has 0 amide bonds. The molecule has 0 aliphatic rings. The van der Waals surface area contributed by atoms with Gasteiger partial charge < -0.3 is 14.6 Å². The van der Waals surface area contributed by atoms with Gasteiger partial charge >= 0.3 is 5.97 Å². The van der Waals surface area contributed by atoms with E-state index in [2.05, 4.69) is 20.8 Å². The first kappa shape index (κ1) is 20.0. The number of carbonyl (C=O) groups excluding carboxylic acids is 1. The molecule has 0 aliphatic carbocycles. The zero-order chi connectivity index (χ0) is 18.5. The lowest BCUT2D eigenvalue weighted by atomic mass is 9.80. The number of aliphatic carboxylic acids is 1. The second-order valence-electron chi connectivity index (χ2n) is 7.40. The second kappa shape index (κ2) is 8.18. The fraction of sp³-hybridized carbons (Fsp3) is 0.579. The van der Waals surface area contributed by atoms with Crippen molar-refractivity contribution in [1.29, 1.82) is 0 Å². The summed E-state index contributed by atoms with van der Waals surface area (Å²) in [4.78, 5) is 24.6. The highest BCUT2D eigenvalue weighted by Gasteiger charge is 2.33. The highest BCUT2D eigenvalue weighted by Crippen LogP contribution is 2.34. The molecule has 24 heavy (non-hydrogen) atoms. The summed E-state index contributed by atoms with van der Waals surface area (Å²) in [6, 6.07) is 4.97. The number of ketones is 1. The number of methoxy groups -OCH3 is 2. The highest BCUT2D eigenvalue weighted by molar-refractivity contribution is 6.11. The minimum atomic E-state index is -1.12. The molecule has 0 saturated carbocycles. The molecule has 0 fully saturated rings. The summed E-state index contributed by atoms with van der Waals surface area (Å²) < 4.78 is 10.5. The maximum Gasteiger partial charge on any atom is 0.314 e. The van der Waals surface area contributed by atoms with Crippen molar-refractivity contribution in [1.82, 2.24) is 0 Å². The van der Waals surface area contributed by atoms with E-state index in [9.17, 15) is 14.7 Å². The van der Waals surface area contributed by atoms with Crippen LogP contribution in [0.15, 0.2) is 18.2 Å². The predicted octanol–water partition coefficient (Wildman–Crippen LogP) is 4.05. The number of carboxylic acids is 1. The molecular weight excluding hydrogens is 308 g/mol. The maximum absolute atomic E-state index is 12.9. The molecule has 5 heteroatoms. The number of Topliss-reactive ketones (excluding diaryl/α,β-unsaturated/α-hetero) is 1. The Labute approximate surface area is 144 Å². The molecule has 1 rings (SSSR count). The third-order valence-electron chi connectivity index (χ3n) is 3.89. The fourth-order valence-electron chi connectivity index (χ4n) is 3.12. The van der Waals surface area contributed by atoms with Gasteiger partial charge in [0.25, 0.3) is 0 Å². The van der Waals surface area contributed by atoms with Crippen LogP contribution in [-0.4, -0.2) is 31.1 Å². The summed E-state index contributed by atoms with van der Waals surface area (Å²) in [5.74, 6) is -1.95. The van der Waals surface area contributed by atoms with Crippen molar-refractivity contribution in [3.05, 3.63) is 23.8 Å². The average Bonchev–Trinajstić information content (AvgIpc) is 2.49. The Morgan fingerprint density at radius 2 is 1.62 bits per heavy atom. The highest BCUT2D eigenvalue weighted by atomic mass is 16.5. The maximum atomic E-state index is 12.9. The van der Waals surface area contributed by atoms with Gasteiger partial charge in [0.05, 0.1) is 14.2 Å². The summed E-state index contributed by atoms with van der Waals surface area (Å²) in [7, 11) is 2.90. The normalized spacial score (nSPS) is 13.9. The summed E-state index contributed by atoms with van der Waals surface area (Å²) in [5, 5.41) is 9.58. The molecule has 0 saturated heterocycles. The number of rotatable bonds is 8. The monoisotopic (exact) mass is 336 g/mol. The fourth-order valence-corrected chi connectivity index (χ4v) is 3.12. The van der Waals surface area contributed by atoms with E-state index >= 15 is 0 Å². The molecular formula is C19H28O5. The largest absolute Gasteiger partial charge is 0.496 e. The lowest BCUT2D eigenvalue weighted by Crippen LogP contribution is -2.28. The topological polar surface area (TPSA) is 72.8 Å². The Hall–Kier alpha value is -2.04. The number of ether oxygens (including phenoxy) is 2. The van der Waals surface area contributed by atoms with Gasteiger partial charge in [0.2, 0.25) is 0 Å². The van der Waals surface area contributed by atoms with Crippen molar-refractivity contribution < 1.29 is 24.2 Å². The van der Waals surface area contributed by atoms with Crippen LogP contribution in [0.3, 0.4) is 0 Å². The number of hydrogen-bond donors (Lipinski definition) is 1. The van der Waals surface area contributed by atoms with Crippen LogP contribution < -0.4 is 9.47 Å². The van der Waals surface area contributed by atoms with Gasteiger partial charge in [0.1, 0.15) is 23.0 Å². The van der Waals surface area contributed by atoms with E-state index in [-0.39, 0.29) is 23.3 Å². The molecule has 0 aliphatic heterocycles. The third kappa shape index (κ3) is 5.25. The quantitative estimate of drug-likeness (QED) is 0.573. The van der Waals surface area contributed by atoms with Crippen molar-refractivity contribution >= 4 is 11.8 Å². The van der Waals surface area contributed by atoms with E-state index in [1.165, 1.54) is 14.2 Å². The standard InChI is InChI=1S/C19H28O5/c1-12(11-19(2,3)4)10-13(18(21)22)17(20)16-14(23-5)8-7-9-15(16)24-6/h7-9,12-13H,10-11H2,1-6H3,(H,21,22). The minimum absolute atomic E-state index is 0.0770. The lowest BCUT2D eigenvalue weighted by molar-refractivity contribution is -0.140. The van der Waals surface area contributed by atoms with E-state index in [0.29, 0.717) is 11.5 Å². The van der Waals surface area contributed by atoms with Gasteiger partial charge in [-0.2, -0.15) is 0 Å². The Balaban J connectivity index is 3.14. The van der Waals surface area contributed by atoms with Crippen molar-refractivity contribution in [3.63, 3.8) is 0 Å². The van der Waals surface area contributed by atoms with Crippen molar-refractivity contribution in [3.8, 4) is 11.5 Å². The van der Waals surface area contributed by atoms with E-state index in [0.717, 1.165) is 6.42 Å². The SMILES string of the molecule is COc1cccc(OC)c1C(=O)C(CC(C)CC(C)(C)C)C(=O)O. The molecule has 5 nitrogen and oxygen atoms in total. The summed E-state index contributed by atoms with van der Waals surface area (Å²) in [5.41, 5.74) is 0.269. The first-order chi connectivity index (χ1) is 11.1. The number of carbonyl (C=O) groups is 2. The average molecular weight is 336 g/mol. The summed E-state index contributed by atoms with van der Waals surface area (Å²) in [6.07, 6.45) is 1.12. The molecule has 2 unspecified atom stereocenters. The molecule has 1 aromatic rings. The number of benzene rings is 1. The Morgan fingerprint density at radius 1 is 1.12 bits per heavy atom. The second-order valence-corrected chi connectivity index (χ2v) is 7.40. The van der Waals surface area contributed by atoms with Gasteiger partial charge in [-0.1, -0.05) is 33.8 Å². The Morgan fingerprint density at radius 3 is 2.00 bits per heavy atom. The van der Waals surface area contributed by atoms with Crippen molar-refractivity contribution in [2.45, 2.75) is 40.5 Å². The van der Waals surface area contributed by atoms with Gasteiger partial charge in [-0.05, 0) is 36.3 Å². The van der Waals surface area contributed by atoms with E-state index in [1.54, 1.807) is 18.2 Å². The minimum Gasteiger partial charge on any atom is -0.496 e. The van der Waals surface area contributed by atoms with Crippen LogP contribution in [0.1, 0.15) is 50.9 Å². The first-order valence-electron chi connectivity index (χ1n) is 8.08. The van der Waals surface area contributed by atoms with Gasteiger partial charge in [-0.3, -0.25) is 9.59 Å². The van der Waals surface area contributed by atoms with Crippen LogP contribution in [0, 0.1) is 17.3 Å². The molecule has 2 atom stereocenters. The summed E-state index contributed by atoms with van der Waals surface area (Å²) in [6.45, 7) is 8.28. The van der Waals surface area contributed by atoms with Crippen molar-refractivity contribution in [2.24, 2.45) is 17.3 Å². The number of carboxylic acid groups (broad SMARTS) is 1. The van der Waals surface area contributed by atoms with Crippen LogP contribution >= 0.6 is 0 Å². The van der Waals surface area contributed by atoms with Crippen LogP contribution in [0.2, 0.25) is 0 Å². The van der Waals surface area contributed by atoms with E-state index in [1.807, 2.05) is 6.92 Å². The Bertz CT molecular complexity index is 564. The smallest absolute Gasteiger partial charge is 0.314 e. The molecule has 0 bridgehead atoms. The van der Waals surface area contributed by atoms with E-state index < -0.39 is 17.7 Å². The number of hydrogen-bond acceptors (Lipinski definition) is 4. The van der Waals surface area contributed by atoms with Gasteiger partial charge in [0, 0.05) is 0 Å².